The summed E-state index contributed by atoms with van der Waals surface area (Å²) < 4.78 is 0. The molecule has 6 nitrogen and oxygen atoms in total. The Hall–Kier alpha value is -1.66. The number of hydrogen-bond donors (Lipinski definition) is 3. The largest absolute Gasteiger partial charge is 0.398 e. The van der Waals surface area contributed by atoms with Crippen molar-refractivity contribution in [3.8, 4) is 0 Å². The van der Waals surface area contributed by atoms with Crippen molar-refractivity contribution >= 4 is 11.4 Å². The first kappa shape index (κ1) is 10.4. The molecular weight excluding hydrogens is 184 g/mol. The molecule has 0 aliphatic heterocycles. The van der Waals surface area contributed by atoms with Crippen molar-refractivity contribution in [2.75, 3.05) is 12.3 Å². The molecule has 6 heteroatoms. The zero-order chi connectivity index (χ0) is 10.7. The van der Waals surface area contributed by atoms with E-state index in [0.717, 1.165) is 0 Å². The van der Waals surface area contributed by atoms with Gasteiger partial charge in [0.1, 0.15) is 0 Å². The summed E-state index contributed by atoms with van der Waals surface area (Å²) in [6.07, 6.45) is 0. The normalized spacial score (nSPS) is 12.4. The fraction of sp³-hybridized carbons (Fsp3) is 0.250. The maximum Gasteiger partial charge on any atom is 0.271 e. The van der Waals surface area contributed by atoms with Crippen LogP contribution in [0.3, 0.4) is 0 Å². The third-order valence-electron chi connectivity index (χ3n) is 1.93. The topological polar surface area (TPSA) is 121 Å². The van der Waals surface area contributed by atoms with Crippen molar-refractivity contribution in [1.29, 1.82) is 0 Å². The first-order chi connectivity index (χ1) is 6.56. The molecule has 1 rings (SSSR count). The van der Waals surface area contributed by atoms with Crippen LogP contribution in [-0.4, -0.2) is 11.5 Å². The third kappa shape index (κ3) is 1.98. The quantitative estimate of drug-likeness (QED) is 0.360. The fourth-order valence-corrected chi connectivity index (χ4v) is 1.14. The first-order valence-corrected chi connectivity index (χ1v) is 4.05. The third-order valence-corrected chi connectivity index (χ3v) is 1.93. The molecule has 0 spiro atoms. The van der Waals surface area contributed by atoms with Gasteiger partial charge in [-0.3, -0.25) is 10.1 Å². The Kier molecular flexibility index (Phi) is 3.00. The molecule has 0 bridgehead atoms. The number of rotatable bonds is 3. The number of nitro groups is 1. The molecule has 0 amide bonds. The Morgan fingerprint density at radius 1 is 1.50 bits per heavy atom. The minimum absolute atomic E-state index is 0.0459. The smallest absolute Gasteiger partial charge is 0.271 e. The molecule has 0 heterocycles. The molecule has 1 unspecified atom stereocenters. The maximum atomic E-state index is 10.4. The number of anilines is 1. The monoisotopic (exact) mass is 196 g/mol. The summed E-state index contributed by atoms with van der Waals surface area (Å²) in [5.74, 6) is 0. The van der Waals surface area contributed by atoms with E-state index in [-0.39, 0.29) is 18.3 Å². The van der Waals surface area contributed by atoms with Crippen LogP contribution in [0.25, 0.3) is 0 Å². The minimum atomic E-state index is -0.506. The molecule has 0 fully saturated rings. The highest BCUT2D eigenvalue weighted by molar-refractivity contribution is 5.55. The summed E-state index contributed by atoms with van der Waals surface area (Å²) in [4.78, 5) is 9.89. The van der Waals surface area contributed by atoms with Crippen molar-refractivity contribution in [2.24, 2.45) is 11.5 Å². The summed E-state index contributed by atoms with van der Waals surface area (Å²) in [5.41, 5.74) is 17.5. The van der Waals surface area contributed by atoms with Gasteiger partial charge in [0, 0.05) is 30.4 Å². The van der Waals surface area contributed by atoms with Crippen molar-refractivity contribution in [3.63, 3.8) is 0 Å². The fourth-order valence-electron chi connectivity index (χ4n) is 1.14. The molecule has 0 radical (unpaired) electrons. The van der Waals surface area contributed by atoms with Gasteiger partial charge in [-0.25, -0.2) is 0 Å². The zero-order valence-corrected chi connectivity index (χ0v) is 7.51. The van der Waals surface area contributed by atoms with Gasteiger partial charge in [0.05, 0.1) is 4.92 Å². The van der Waals surface area contributed by atoms with Crippen LogP contribution < -0.4 is 17.2 Å². The van der Waals surface area contributed by atoms with Crippen LogP contribution in [0.2, 0.25) is 0 Å². The van der Waals surface area contributed by atoms with E-state index in [2.05, 4.69) is 0 Å². The number of hydrogen-bond acceptors (Lipinski definition) is 5. The molecule has 0 aliphatic rings. The van der Waals surface area contributed by atoms with Crippen molar-refractivity contribution < 1.29 is 4.92 Å². The van der Waals surface area contributed by atoms with Gasteiger partial charge in [-0.1, -0.05) is 0 Å². The van der Waals surface area contributed by atoms with Gasteiger partial charge < -0.3 is 17.2 Å². The molecular formula is C8H12N4O2. The Balaban J connectivity index is 3.07. The van der Waals surface area contributed by atoms with Gasteiger partial charge in [-0.05, 0) is 11.6 Å². The zero-order valence-electron chi connectivity index (χ0n) is 7.51. The molecule has 0 aliphatic carbocycles. The Morgan fingerprint density at radius 2 is 2.14 bits per heavy atom. The average molecular weight is 196 g/mol. The molecule has 6 N–H and O–H groups in total. The minimum Gasteiger partial charge on any atom is -0.398 e. The van der Waals surface area contributed by atoms with Gasteiger partial charge in [0.2, 0.25) is 0 Å². The Morgan fingerprint density at radius 3 is 2.57 bits per heavy atom. The highest BCUT2D eigenvalue weighted by atomic mass is 16.6. The highest BCUT2D eigenvalue weighted by Gasteiger charge is 2.12. The highest BCUT2D eigenvalue weighted by Crippen LogP contribution is 2.23. The Bertz CT molecular complexity index is 353. The standard InChI is InChI=1S/C8H12N4O2/c9-4-8(11)6-2-1-5(12(13)14)3-7(6)10/h1-3,8H,4,9-11H2. The van der Waals surface area contributed by atoms with Crippen LogP contribution in [0.15, 0.2) is 18.2 Å². The average Bonchev–Trinajstić information content (AvgIpc) is 2.16. The van der Waals surface area contributed by atoms with Crippen molar-refractivity contribution in [2.45, 2.75) is 6.04 Å². The summed E-state index contributed by atoms with van der Waals surface area (Å²) in [6.45, 7) is 0.252. The van der Waals surface area contributed by atoms with E-state index in [1.165, 1.54) is 18.2 Å². The molecule has 1 aromatic rings. The van der Waals surface area contributed by atoms with E-state index in [1.54, 1.807) is 0 Å². The number of nitrogen functional groups attached to an aromatic ring is 1. The first-order valence-electron chi connectivity index (χ1n) is 4.05. The SMILES string of the molecule is NCC(N)c1ccc([N+](=O)[O-])cc1N. The van der Waals surface area contributed by atoms with E-state index < -0.39 is 4.92 Å². The van der Waals surface area contributed by atoms with E-state index in [9.17, 15) is 10.1 Å². The van der Waals surface area contributed by atoms with Gasteiger partial charge in [-0.2, -0.15) is 0 Å². The second-order valence-electron chi connectivity index (χ2n) is 2.91. The number of nitro benzene ring substituents is 1. The second kappa shape index (κ2) is 4.03. The summed E-state index contributed by atoms with van der Waals surface area (Å²) >= 11 is 0. The van der Waals surface area contributed by atoms with Crippen molar-refractivity contribution in [1.82, 2.24) is 0 Å². The Labute approximate surface area is 80.8 Å². The number of non-ortho nitro benzene ring substituents is 1. The lowest BCUT2D eigenvalue weighted by Gasteiger charge is -2.11. The summed E-state index contributed by atoms with van der Waals surface area (Å²) in [5, 5.41) is 10.4. The number of benzene rings is 1. The summed E-state index contributed by atoms with van der Waals surface area (Å²) in [6, 6.07) is 3.80. The van der Waals surface area contributed by atoms with Gasteiger partial charge in [0.15, 0.2) is 0 Å². The molecule has 0 aromatic heterocycles. The van der Waals surface area contributed by atoms with Gasteiger partial charge in [-0.15, -0.1) is 0 Å². The van der Waals surface area contributed by atoms with Crippen LogP contribution in [0.5, 0.6) is 0 Å². The molecule has 1 atom stereocenters. The van der Waals surface area contributed by atoms with Crippen LogP contribution in [0, 0.1) is 10.1 Å². The van der Waals surface area contributed by atoms with E-state index in [4.69, 9.17) is 17.2 Å². The number of nitrogens with zero attached hydrogens (tertiary/aromatic N) is 1. The molecule has 14 heavy (non-hydrogen) atoms. The van der Waals surface area contributed by atoms with Crippen LogP contribution >= 0.6 is 0 Å². The molecule has 1 aromatic carbocycles. The van der Waals surface area contributed by atoms with Crippen LogP contribution in [0.4, 0.5) is 11.4 Å². The summed E-state index contributed by atoms with van der Waals surface area (Å²) in [7, 11) is 0. The van der Waals surface area contributed by atoms with Crippen LogP contribution in [0.1, 0.15) is 11.6 Å². The molecule has 0 saturated heterocycles. The van der Waals surface area contributed by atoms with Crippen LogP contribution in [-0.2, 0) is 0 Å². The van der Waals surface area contributed by atoms with Gasteiger partial charge >= 0.3 is 0 Å². The molecule has 0 saturated carbocycles. The lowest BCUT2D eigenvalue weighted by Crippen LogP contribution is -2.21. The van der Waals surface area contributed by atoms with E-state index in [0.29, 0.717) is 11.3 Å². The lowest BCUT2D eigenvalue weighted by molar-refractivity contribution is -0.384. The van der Waals surface area contributed by atoms with E-state index >= 15 is 0 Å². The second-order valence-corrected chi connectivity index (χ2v) is 2.91. The maximum absolute atomic E-state index is 10.4. The molecule has 76 valence electrons. The predicted octanol–water partition coefficient (Wildman–Crippen LogP) is 0.136. The predicted molar refractivity (Wildman–Crippen MR) is 53.5 cm³/mol. The lowest BCUT2D eigenvalue weighted by atomic mass is 10.1. The van der Waals surface area contributed by atoms with E-state index in [1.807, 2.05) is 0 Å². The number of nitrogens with two attached hydrogens (primary N) is 3. The van der Waals surface area contributed by atoms with Crippen molar-refractivity contribution in [3.05, 3.63) is 33.9 Å². The van der Waals surface area contributed by atoms with Gasteiger partial charge in [0.25, 0.3) is 5.69 Å².